The van der Waals surface area contributed by atoms with E-state index in [1.54, 1.807) is 5.30 Å². The maximum atomic E-state index is 2.35. The van der Waals surface area contributed by atoms with Crippen molar-refractivity contribution in [3.05, 3.63) is 30.3 Å². The minimum Gasteiger partial charge on any atom is -0.0753 e. The fourth-order valence-electron chi connectivity index (χ4n) is 2.67. The van der Waals surface area contributed by atoms with Crippen molar-refractivity contribution in [2.45, 2.75) is 51.4 Å². The van der Waals surface area contributed by atoms with Gasteiger partial charge in [0.05, 0.1) is 0 Å². The lowest BCUT2D eigenvalue weighted by Gasteiger charge is -2.17. The summed E-state index contributed by atoms with van der Waals surface area (Å²) in [6, 6.07) is 11.3. The molecule has 1 heterocycles. The molecule has 1 aromatic carbocycles. The lowest BCUT2D eigenvalue weighted by molar-refractivity contribution is 0.591. The summed E-state index contributed by atoms with van der Waals surface area (Å²) in [5.41, 5.74) is 0. The molecule has 1 fully saturated rings. The van der Waals surface area contributed by atoms with Crippen LogP contribution in [0.15, 0.2) is 30.3 Å². The van der Waals surface area contributed by atoms with Crippen molar-refractivity contribution < 1.29 is 0 Å². The molecule has 0 atom stereocenters. The first-order valence-corrected chi connectivity index (χ1v) is 8.98. The van der Waals surface area contributed by atoms with Crippen LogP contribution in [0.2, 0.25) is 0 Å². The molecule has 1 heteroatoms. The molecular formula is C16H25P. The van der Waals surface area contributed by atoms with Crippen molar-refractivity contribution >= 4 is 13.2 Å². The SMILES string of the molecule is c1ccc(P2CCCCCCCCCC2)cc1. The van der Waals surface area contributed by atoms with Gasteiger partial charge in [0.25, 0.3) is 0 Å². The van der Waals surface area contributed by atoms with Gasteiger partial charge in [-0.25, -0.2) is 0 Å². The van der Waals surface area contributed by atoms with Crippen LogP contribution >= 0.6 is 7.92 Å². The molecule has 0 bridgehead atoms. The second-order valence-electron chi connectivity index (χ2n) is 5.15. The highest BCUT2D eigenvalue weighted by molar-refractivity contribution is 7.65. The van der Waals surface area contributed by atoms with Gasteiger partial charge in [-0.1, -0.05) is 76.8 Å². The van der Waals surface area contributed by atoms with Crippen molar-refractivity contribution in [3.63, 3.8) is 0 Å². The maximum Gasteiger partial charge on any atom is -0.0240 e. The van der Waals surface area contributed by atoms with Crippen LogP contribution in [-0.2, 0) is 0 Å². The van der Waals surface area contributed by atoms with Crippen molar-refractivity contribution in [1.29, 1.82) is 0 Å². The summed E-state index contributed by atoms with van der Waals surface area (Å²) in [6.07, 6.45) is 14.7. The van der Waals surface area contributed by atoms with Crippen LogP contribution < -0.4 is 5.30 Å². The first kappa shape index (κ1) is 13.1. The summed E-state index contributed by atoms with van der Waals surface area (Å²) in [5, 5.41) is 1.64. The average Bonchev–Trinajstić information content (AvgIpc) is 2.45. The fourth-order valence-corrected chi connectivity index (χ4v) is 5.22. The van der Waals surface area contributed by atoms with Gasteiger partial charge in [0, 0.05) is 0 Å². The van der Waals surface area contributed by atoms with Gasteiger partial charge in [0.2, 0.25) is 0 Å². The number of hydrogen-bond acceptors (Lipinski definition) is 0. The van der Waals surface area contributed by atoms with Crippen molar-refractivity contribution in [2.24, 2.45) is 0 Å². The molecule has 0 amide bonds. The molecule has 0 aromatic heterocycles. The zero-order valence-electron chi connectivity index (χ0n) is 10.9. The second kappa shape index (κ2) is 7.88. The summed E-state index contributed by atoms with van der Waals surface area (Å²) in [7, 11) is 0.149. The molecule has 1 aliphatic rings. The van der Waals surface area contributed by atoms with Gasteiger partial charge in [-0.15, -0.1) is 0 Å². The first-order chi connectivity index (χ1) is 8.47. The summed E-state index contributed by atoms with van der Waals surface area (Å²) in [5.74, 6) is 0. The van der Waals surface area contributed by atoms with Crippen LogP contribution in [0.5, 0.6) is 0 Å². The van der Waals surface area contributed by atoms with Crippen LogP contribution in [0.25, 0.3) is 0 Å². The molecule has 0 N–H and O–H groups in total. The highest BCUT2D eigenvalue weighted by atomic mass is 31.1. The lowest BCUT2D eigenvalue weighted by Crippen LogP contribution is -2.06. The Morgan fingerprint density at radius 2 is 1.06 bits per heavy atom. The van der Waals surface area contributed by atoms with Crippen molar-refractivity contribution in [2.75, 3.05) is 12.3 Å². The largest absolute Gasteiger partial charge is 0.0753 e. The molecule has 94 valence electrons. The third-order valence-electron chi connectivity index (χ3n) is 3.73. The molecule has 0 unspecified atom stereocenters. The zero-order chi connectivity index (χ0) is 11.8. The summed E-state index contributed by atoms with van der Waals surface area (Å²) in [4.78, 5) is 0. The predicted octanol–water partition coefficient (Wildman–Crippen LogP) is 4.93. The van der Waals surface area contributed by atoms with Crippen LogP contribution in [0, 0.1) is 0 Å². The Balaban J connectivity index is 1.93. The molecule has 1 saturated heterocycles. The topological polar surface area (TPSA) is 0 Å². The minimum absolute atomic E-state index is 0.149. The highest BCUT2D eigenvalue weighted by Crippen LogP contribution is 2.37. The van der Waals surface area contributed by atoms with Crippen molar-refractivity contribution in [1.82, 2.24) is 0 Å². The number of hydrogen-bond donors (Lipinski definition) is 0. The molecule has 0 nitrogen and oxygen atoms in total. The van der Waals surface area contributed by atoms with Gasteiger partial charge in [-0.05, 0) is 30.5 Å². The van der Waals surface area contributed by atoms with E-state index in [2.05, 4.69) is 30.3 Å². The summed E-state index contributed by atoms with van der Waals surface area (Å²) in [6.45, 7) is 0. The van der Waals surface area contributed by atoms with E-state index in [4.69, 9.17) is 0 Å². The van der Waals surface area contributed by atoms with Crippen molar-refractivity contribution in [3.8, 4) is 0 Å². The fraction of sp³-hybridized carbons (Fsp3) is 0.625. The van der Waals surface area contributed by atoms with Gasteiger partial charge in [0.15, 0.2) is 0 Å². The minimum atomic E-state index is 0.149. The summed E-state index contributed by atoms with van der Waals surface area (Å²) < 4.78 is 0. The molecule has 2 rings (SSSR count). The van der Waals surface area contributed by atoms with E-state index in [1.165, 1.54) is 63.7 Å². The van der Waals surface area contributed by atoms with Gasteiger partial charge < -0.3 is 0 Å². The van der Waals surface area contributed by atoms with Crippen LogP contribution in [-0.4, -0.2) is 12.3 Å². The molecule has 1 aromatic rings. The quantitative estimate of drug-likeness (QED) is 0.618. The Morgan fingerprint density at radius 1 is 0.588 bits per heavy atom. The van der Waals surface area contributed by atoms with Crippen LogP contribution in [0.3, 0.4) is 0 Å². The normalized spacial score (nSPS) is 20.7. The Bertz CT molecular complexity index is 282. The summed E-state index contributed by atoms with van der Waals surface area (Å²) >= 11 is 0. The second-order valence-corrected chi connectivity index (χ2v) is 7.64. The molecule has 0 radical (unpaired) electrons. The Morgan fingerprint density at radius 3 is 1.59 bits per heavy atom. The third-order valence-corrected chi connectivity index (χ3v) is 6.47. The van der Waals surface area contributed by atoms with Gasteiger partial charge >= 0.3 is 0 Å². The maximum absolute atomic E-state index is 2.35. The van der Waals surface area contributed by atoms with Crippen LogP contribution in [0.1, 0.15) is 51.4 Å². The van der Waals surface area contributed by atoms with E-state index in [0.717, 1.165) is 0 Å². The molecule has 0 saturated carbocycles. The van der Waals surface area contributed by atoms with E-state index >= 15 is 0 Å². The first-order valence-electron chi connectivity index (χ1n) is 7.27. The monoisotopic (exact) mass is 248 g/mol. The Kier molecular flexibility index (Phi) is 6.07. The van der Waals surface area contributed by atoms with E-state index in [1.807, 2.05) is 0 Å². The number of benzene rings is 1. The van der Waals surface area contributed by atoms with Gasteiger partial charge in [0.1, 0.15) is 0 Å². The molecular weight excluding hydrogens is 223 g/mol. The van der Waals surface area contributed by atoms with Gasteiger partial charge in [-0.2, -0.15) is 0 Å². The Labute approximate surface area is 108 Å². The van der Waals surface area contributed by atoms with Gasteiger partial charge in [-0.3, -0.25) is 0 Å². The Hall–Kier alpha value is -0.350. The standard InChI is InChI=1S/C16H25P/c1-2-4-6-11-15-17(14-10-5-3-1)16-12-8-7-9-13-16/h7-9,12-13H,1-6,10-11,14-15H2. The van der Waals surface area contributed by atoms with E-state index in [-0.39, 0.29) is 7.92 Å². The van der Waals surface area contributed by atoms with E-state index < -0.39 is 0 Å². The third kappa shape index (κ3) is 4.80. The molecule has 0 aliphatic carbocycles. The average molecular weight is 248 g/mol. The predicted molar refractivity (Wildman–Crippen MR) is 79.7 cm³/mol. The van der Waals surface area contributed by atoms with E-state index in [0.29, 0.717) is 0 Å². The number of rotatable bonds is 1. The molecule has 0 spiro atoms. The zero-order valence-corrected chi connectivity index (χ0v) is 11.8. The van der Waals surface area contributed by atoms with E-state index in [9.17, 15) is 0 Å². The van der Waals surface area contributed by atoms with Crippen LogP contribution in [0.4, 0.5) is 0 Å². The lowest BCUT2D eigenvalue weighted by atomic mass is 10.1. The molecule has 1 aliphatic heterocycles. The highest BCUT2D eigenvalue weighted by Gasteiger charge is 2.10. The smallest absolute Gasteiger partial charge is 0.0240 e. The molecule has 17 heavy (non-hydrogen) atoms.